The van der Waals surface area contributed by atoms with Gasteiger partial charge in [0.05, 0.1) is 10.9 Å². The number of hydrogen-bond donors (Lipinski definition) is 0. The van der Waals surface area contributed by atoms with Crippen LogP contribution < -0.4 is 9.47 Å². The van der Waals surface area contributed by atoms with Gasteiger partial charge in [0.2, 0.25) is 0 Å². The van der Waals surface area contributed by atoms with Crippen LogP contribution in [0.15, 0.2) is 72.1 Å². The highest BCUT2D eigenvalue weighted by Crippen LogP contribution is 2.48. The average molecular weight is 363 g/mol. The van der Waals surface area contributed by atoms with Crippen molar-refractivity contribution in [3.8, 4) is 32.8 Å². The van der Waals surface area contributed by atoms with Crippen LogP contribution in [-0.4, -0.2) is 0 Å². The Morgan fingerprint density at radius 3 is 2.40 bits per heavy atom. The molecule has 2 nitrogen and oxygen atoms in total. The molecule has 4 heteroatoms. The third-order valence-electron chi connectivity index (χ3n) is 3.69. The molecule has 25 heavy (non-hydrogen) atoms. The molecule has 123 valence electrons. The molecule has 2 aromatic carbocycles. The van der Waals surface area contributed by atoms with Gasteiger partial charge in [-0.05, 0) is 42.1 Å². The lowest BCUT2D eigenvalue weighted by atomic mass is 10.2. The topological polar surface area (TPSA) is 18.5 Å². The number of benzene rings is 2. The number of para-hydroxylation sites is 2. The molecule has 2 aromatic heterocycles. The predicted octanol–water partition coefficient (Wildman–Crippen LogP) is 7.17. The van der Waals surface area contributed by atoms with Crippen LogP contribution in [0.4, 0.5) is 0 Å². The standard InChI is InChI=1S/C21H15O2S2/c1-15-8-5-6-11-17(15)23-18-14-25-21(20(18)19-12-7-13-24-19)22-16-9-3-2-4-10-16/h2-13H,1H3. The third-order valence-corrected chi connectivity index (χ3v) is 5.34. The molecule has 0 aliphatic heterocycles. The third kappa shape index (κ3) is 3.45. The van der Waals surface area contributed by atoms with E-state index in [2.05, 4.69) is 16.8 Å². The van der Waals surface area contributed by atoms with E-state index in [4.69, 9.17) is 9.47 Å². The van der Waals surface area contributed by atoms with E-state index < -0.39 is 0 Å². The van der Waals surface area contributed by atoms with Crippen LogP contribution in [0.1, 0.15) is 5.56 Å². The predicted molar refractivity (Wildman–Crippen MR) is 104 cm³/mol. The van der Waals surface area contributed by atoms with Gasteiger partial charge in [-0.3, -0.25) is 0 Å². The Morgan fingerprint density at radius 1 is 0.840 bits per heavy atom. The molecule has 0 unspecified atom stereocenters. The first-order chi connectivity index (χ1) is 12.3. The van der Waals surface area contributed by atoms with Gasteiger partial charge in [0, 0.05) is 4.88 Å². The van der Waals surface area contributed by atoms with E-state index in [0.29, 0.717) is 5.75 Å². The van der Waals surface area contributed by atoms with Crippen molar-refractivity contribution in [3.05, 3.63) is 83.1 Å². The van der Waals surface area contributed by atoms with Gasteiger partial charge in [-0.15, -0.1) is 11.3 Å². The van der Waals surface area contributed by atoms with Crippen LogP contribution in [0.2, 0.25) is 0 Å². The first kappa shape index (κ1) is 15.9. The lowest BCUT2D eigenvalue weighted by Crippen LogP contribution is -1.88. The smallest absolute Gasteiger partial charge is 0.194 e. The molecule has 0 spiro atoms. The lowest BCUT2D eigenvalue weighted by Gasteiger charge is -2.10. The van der Waals surface area contributed by atoms with Gasteiger partial charge >= 0.3 is 0 Å². The van der Waals surface area contributed by atoms with E-state index in [1.54, 1.807) is 11.3 Å². The molecule has 4 rings (SSSR count). The fourth-order valence-corrected chi connectivity index (χ4v) is 4.04. The van der Waals surface area contributed by atoms with Crippen molar-refractivity contribution in [3.63, 3.8) is 0 Å². The van der Waals surface area contributed by atoms with Gasteiger partial charge in [0.1, 0.15) is 11.5 Å². The zero-order valence-electron chi connectivity index (χ0n) is 13.6. The molecular formula is C21H15O2S2. The number of aryl methyl sites for hydroxylation is 1. The fourth-order valence-electron chi connectivity index (χ4n) is 2.44. The van der Waals surface area contributed by atoms with E-state index in [9.17, 15) is 0 Å². The van der Waals surface area contributed by atoms with Crippen LogP contribution in [0.3, 0.4) is 0 Å². The van der Waals surface area contributed by atoms with E-state index in [1.807, 2.05) is 67.6 Å². The van der Waals surface area contributed by atoms with Gasteiger partial charge in [-0.2, -0.15) is 0 Å². The molecule has 0 fully saturated rings. The van der Waals surface area contributed by atoms with E-state index >= 15 is 0 Å². The van der Waals surface area contributed by atoms with Gasteiger partial charge < -0.3 is 9.47 Å². The molecule has 4 aromatic rings. The maximum absolute atomic E-state index is 6.16. The van der Waals surface area contributed by atoms with Crippen molar-refractivity contribution in [2.24, 2.45) is 0 Å². The average Bonchev–Trinajstić information content (AvgIpc) is 3.28. The molecule has 0 saturated heterocycles. The number of thiophene rings is 2. The summed E-state index contributed by atoms with van der Waals surface area (Å²) in [6.07, 6.45) is 0. The first-order valence-corrected chi connectivity index (χ1v) is 9.55. The molecule has 0 bridgehead atoms. The van der Waals surface area contributed by atoms with Crippen LogP contribution in [0, 0.1) is 12.3 Å². The summed E-state index contributed by atoms with van der Waals surface area (Å²) < 4.78 is 12.3. The van der Waals surface area contributed by atoms with Crippen molar-refractivity contribution >= 4 is 22.7 Å². The summed E-state index contributed by atoms with van der Waals surface area (Å²) in [5.41, 5.74) is 2.04. The summed E-state index contributed by atoms with van der Waals surface area (Å²) in [5, 5.41) is 6.10. The summed E-state index contributed by atoms with van der Waals surface area (Å²) in [6, 6.07) is 21.9. The monoisotopic (exact) mass is 363 g/mol. The summed E-state index contributed by atoms with van der Waals surface area (Å²) >= 11 is 3.09. The minimum absolute atomic E-state index is 0.702. The molecule has 0 amide bonds. The molecule has 0 N–H and O–H groups in total. The second kappa shape index (κ2) is 7.13. The van der Waals surface area contributed by atoms with E-state index in [0.717, 1.165) is 32.6 Å². The van der Waals surface area contributed by atoms with Gasteiger partial charge in [0.15, 0.2) is 10.8 Å². The van der Waals surface area contributed by atoms with Gasteiger partial charge in [-0.25, -0.2) is 0 Å². The number of rotatable bonds is 5. The minimum atomic E-state index is 0.702. The summed E-state index contributed by atoms with van der Waals surface area (Å²) in [7, 11) is 0. The Morgan fingerprint density at radius 2 is 1.64 bits per heavy atom. The Balaban J connectivity index is 1.74. The van der Waals surface area contributed by atoms with Crippen molar-refractivity contribution in [2.45, 2.75) is 6.92 Å². The molecular weight excluding hydrogens is 348 g/mol. The molecule has 0 aliphatic rings. The molecule has 1 radical (unpaired) electrons. The number of hydrogen-bond acceptors (Lipinski definition) is 4. The van der Waals surface area contributed by atoms with E-state index in [1.165, 1.54) is 11.3 Å². The molecule has 0 saturated carbocycles. The lowest BCUT2D eigenvalue weighted by molar-refractivity contribution is 0.473. The van der Waals surface area contributed by atoms with E-state index in [-0.39, 0.29) is 0 Å². The zero-order chi connectivity index (χ0) is 17.1. The largest absolute Gasteiger partial charge is 0.455 e. The SMILES string of the molecule is Cc1ccccc1Oc1[c]sc(Oc2ccccc2)c1-c1cccs1. The van der Waals surface area contributed by atoms with Crippen molar-refractivity contribution in [1.82, 2.24) is 0 Å². The maximum Gasteiger partial charge on any atom is 0.194 e. The van der Waals surface area contributed by atoms with Crippen LogP contribution in [0.25, 0.3) is 10.4 Å². The summed E-state index contributed by atoms with van der Waals surface area (Å²) in [4.78, 5) is 1.10. The molecule has 0 aliphatic carbocycles. The Kier molecular flexibility index (Phi) is 4.55. The number of ether oxygens (including phenoxy) is 2. The normalized spacial score (nSPS) is 10.6. The minimum Gasteiger partial charge on any atom is -0.455 e. The molecule has 0 atom stereocenters. The van der Waals surface area contributed by atoms with Crippen molar-refractivity contribution in [2.75, 3.05) is 0 Å². The van der Waals surface area contributed by atoms with Gasteiger partial charge in [0.25, 0.3) is 0 Å². The fraction of sp³-hybridized carbons (Fsp3) is 0.0476. The Bertz CT molecular complexity index is 957. The van der Waals surface area contributed by atoms with Crippen LogP contribution in [0.5, 0.6) is 22.3 Å². The highest BCUT2D eigenvalue weighted by atomic mass is 32.1. The quantitative estimate of drug-likeness (QED) is 0.374. The van der Waals surface area contributed by atoms with Crippen LogP contribution in [-0.2, 0) is 0 Å². The van der Waals surface area contributed by atoms with Gasteiger partial charge in [-0.1, -0.05) is 53.8 Å². The maximum atomic E-state index is 6.16. The second-order valence-corrected chi connectivity index (χ2v) is 7.18. The molecule has 2 heterocycles. The first-order valence-electron chi connectivity index (χ1n) is 7.86. The highest BCUT2D eigenvalue weighted by molar-refractivity contribution is 7.15. The van der Waals surface area contributed by atoms with Crippen LogP contribution >= 0.6 is 22.7 Å². The highest BCUT2D eigenvalue weighted by Gasteiger charge is 2.19. The Hall–Kier alpha value is -2.56. The van der Waals surface area contributed by atoms with Crippen molar-refractivity contribution in [1.29, 1.82) is 0 Å². The summed E-state index contributed by atoms with van der Waals surface area (Å²) in [6.45, 7) is 2.04. The van der Waals surface area contributed by atoms with Crippen molar-refractivity contribution < 1.29 is 9.47 Å². The summed E-state index contributed by atoms with van der Waals surface area (Å²) in [5.74, 6) is 2.34. The zero-order valence-corrected chi connectivity index (χ0v) is 15.2. The Labute approximate surface area is 154 Å². The second-order valence-electron chi connectivity index (χ2n) is 5.46.